The van der Waals surface area contributed by atoms with Crippen LogP contribution in [0.1, 0.15) is 18.1 Å². The predicted molar refractivity (Wildman–Crippen MR) is 85.9 cm³/mol. The van der Waals surface area contributed by atoms with Gasteiger partial charge in [-0.2, -0.15) is 5.10 Å². The molecule has 0 aliphatic heterocycles. The summed E-state index contributed by atoms with van der Waals surface area (Å²) in [5.41, 5.74) is 10.5. The minimum absolute atomic E-state index is 0.0802. The Hall–Kier alpha value is -1.82. The number of rotatable bonds is 5. The molecule has 5 nitrogen and oxygen atoms in total. The van der Waals surface area contributed by atoms with Gasteiger partial charge < -0.3 is 5.73 Å². The van der Waals surface area contributed by atoms with Crippen molar-refractivity contribution in [3.8, 4) is 11.3 Å². The monoisotopic (exact) mass is 307 g/mol. The van der Waals surface area contributed by atoms with Crippen LogP contribution in [0, 0.1) is 13.8 Å². The molecule has 0 saturated carbocycles. The van der Waals surface area contributed by atoms with E-state index in [4.69, 9.17) is 5.73 Å². The predicted octanol–water partition coefficient (Wildman–Crippen LogP) is 2.18. The molecule has 0 bridgehead atoms. The fraction of sp³-hybridized carbons (Fsp3) is 0.400. The average molecular weight is 307 g/mol. The van der Waals surface area contributed by atoms with Crippen LogP contribution in [0.25, 0.3) is 11.3 Å². The van der Waals surface area contributed by atoms with Crippen LogP contribution in [0.4, 0.5) is 5.69 Å². The lowest BCUT2D eigenvalue weighted by Crippen LogP contribution is -2.14. The number of sulfone groups is 1. The van der Waals surface area contributed by atoms with Crippen molar-refractivity contribution in [3.63, 3.8) is 0 Å². The van der Waals surface area contributed by atoms with Crippen LogP contribution in [-0.4, -0.2) is 29.7 Å². The molecule has 0 unspecified atom stereocenters. The smallest absolute Gasteiger partial charge is 0.151 e. The second-order valence-corrected chi connectivity index (χ2v) is 7.72. The zero-order valence-electron chi connectivity index (χ0n) is 12.6. The Morgan fingerprint density at radius 3 is 2.67 bits per heavy atom. The summed E-state index contributed by atoms with van der Waals surface area (Å²) in [6.07, 6.45) is 1.70. The Bertz CT molecular complexity index is 748. The van der Waals surface area contributed by atoms with E-state index in [0.717, 1.165) is 16.7 Å². The van der Waals surface area contributed by atoms with Crippen LogP contribution in [-0.2, 0) is 16.4 Å². The van der Waals surface area contributed by atoms with Crippen molar-refractivity contribution in [1.82, 2.24) is 9.78 Å². The second kappa shape index (κ2) is 5.89. The van der Waals surface area contributed by atoms with Crippen molar-refractivity contribution < 1.29 is 8.42 Å². The van der Waals surface area contributed by atoms with Gasteiger partial charge in [0.2, 0.25) is 0 Å². The Balaban J connectivity index is 2.29. The Morgan fingerprint density at radius 2 is 2.00 bits per heavy atom. The summed E-state index contributed by atoms with van der Waals surface area (Å²) >= 11 is 0. The van der Waals surface area contributed by atoms with Crippen molar-refractivity contribution in [3.05, 3.63) is 35.5 Å². The fourth-order valence-corrected chi connectivity index (χ4v) is 2.88. The van der Waals surface area contributed by atoms with Gasteiger partial charge in [0, 0.05) is 17.5 Å². The van der Waals surface area contributed by atoms with E-state index in [0.29, 0.717) is 17.9 Å². The third-order valence-corrected chi connectivity index (χ3v) is 5.19. The van der Waals surface area contributed by atoms with Crippen molar-refractivity contribution >= 4 is 15.5 Å². The zero-order valence-corrected chi connectivity index (χ0v) is 13.4. The van der Waals surface area contributed by atoms with Crippen LogP contribution in [0.5, 0.6) is 0 Å². The number of anilines is 1. The number of nitrogens with two attached hydrogens (primary N) is 1. The molecule has 0 spiro atoms. The van der Waals surface area contributed by atoms with E-state index in [9.17, 15) is 8.42 Å². The number of hydrogen-bond donors (Lipinski definition) is 1. The molecule has 21 heavy (non-hydrogen) atoms. The molecule has 0 aliphatic rings. The van der Waals surface area contributed by atoms with E-state index in [2.05, 4.69) is 5.10 Å². The molecule has 114 valence electrons. The third-order valence-electron chi connectivity index (χ3n) is 3.51. The van der Waals surface area contributed by atoms with Gasteiger partial charge in [0.1, 0.15) is 5.69 Å². The molecule has 0 amide bonds. The van der Waals surface area contributed by atoms with Crippen molar-refractivity contribution in [2.75, 3.05) is 17.2 Å². The van der Waals surface area contributed by atoms with Crippen molar-refractivity contribution in [1.29, 1.82) is 0 Å². The van der Waals surface area contributed by atoms with E-state index in [-0.39, 0.29) is 11.5 Å². The van der Waals surface area contributed by atoms with Crippen LogP contribution >= 0.6 is 0 Å². The van der Waals surface area contributed by atoms with Gasteiger partial charge in [-0.25, -0.2) is 8.42 Å². The Morgan fingerprint density at radius 1 is 1.29 bits per heavy atom. The maximum atomic E-state index is 11.6. The maximum absolute atomic E-state index is 11.6. The first-order valence-corrected chi connectivity index (χ1v) is 8.75. The van der Waals surface area contributed by atoms with E-state index >= 15 is 0 Å². The lowest BCUT2D eigenvalue weighted by Gasteiger charge is -2.05. The van der Waals surface area contributed by atoms with Gasteiger partial charge in [0.05, 0.1) is 18.0 Å². The molecule has 2 rings (SSSR count). The number of nitrogens with zero attached hydrogens (tertiary/aromatic N) is 2. The molecule has 2 aromatic rings. The maximum Gasteiger partial charge on any atom is 0.151 e. The van der Waals surface area contributed by atoms with E-state index in [1.807, 2.05) is 32.0 Å². The van der Waals surface area contributed by atoms with Crippen LogP contribution in [0.3, 0.4) is 0 Å². The van der Waals surface area contributed by atoms with E-state index in [1.54, 1.807) is 17.8 Å². The number of aromatic nitrogens is 2. The minimum atomic E-state index is -3.00. The molecule has 2 N–H and O–H groups in total. The van der Waals surface area contributed by atoms with Gasteiger partial charge in [0.15, 0.2) is 9.84 Å². The highest BCUT2D eigenvalue weighted by atomic mass is 32.2. The number of aryl methyl sites for hydroxylation is 3. The summed E-state index contributed by atoms with van der Waals surface area (Å²) in [6.45, 7) is 6.00. The first-order chi connectivity index (χ1) is 9.82. The highest BCUT2D eigenvalue weighted by Gasteiger charge is 2.13. The summed E-state index contributed by atoms with van der Waals surface area (Å²) < 4.78 is 24.7. The quantitative estimate of drug-likeness (QED) is 0.918. The molecule has 6 heteroatoms. The third kappa shape index (κ3) is 3.64. The lowest BCUT2D eigenvalue weighted by atomic mass is 10.0. The van der Waals surface area contributed by atoms with Crippen molar-refractivity contribution in [2.45, 2.75) is 27.3 Å². The molecule has 0 atom stereocenters. The van der Waals surface area contributed by atoms with Crippen LogP contribution < -0.4 is 5.73 Å². The van der Waals surface area contributed by atoms with Gasteiger partial charge >= 0.3 is 0 Å². The molecular weight excluding hydrogens is 286 g/mol. The van der Waals surface area contributed by atoms with Gasteiger partial charge in [-0.3, -0.25) is 4.68 Å². The van der Waals surface area contributed by atoms with Crippen molar-refractivity contribution in [2.24, 2.45) is 0 Å². The zero-order chi connectivity index (χ0) is 15.6. The molecule has 0 aliphatic carbocycles. The SMILES string of the molecule is CCS(=O)(=O)CCn1cc(N)c(-c2cc(C)ccc2C)n1. The highest BCUT2D eigenvalue weighted by Crippen LogP contribution is 2.27. The van der Waals surface area contributed by atoms with Gasteiger partial charge in [0.25, 0.3) is 0 Å². The highest BCUT2D eigenvalue weighted by molar-refractivity contribution is 7.91. The standard InChI is InChI=1S/C15H21N3O2S/c1-4-21(19,20)8-7-18-10-14(16)15(17-18)13-9-11(2)5-6-12(13)3/h5-6,9-10H,4,7-8,16H2,1-3H3. The van der Waals surface area contributed by atoms with Crippen LogP contribution in [0.15, 0.2) is 24.4 Å². The molecule has 1 aromatic heterocycles. The summed E-state index contributed by atoms with van der Waals surface area (Å²) in [5, 5.41) is 4.45. The summed E-state index contributed by atoms with van der Waals surface area (Å²) in [6, 6.07) is 6.12. The van der Waals surface area contributed by atoms with Gasteiger partial charge in [-0.1, -0.05) is 24.6 Å². The van der Waals surface area contributed by atoms with Crippen LogP contribution in [0.2, 0.25) is 0 Å². The average Bonchev–Trinajstić information content (AvgIpc) is 2.81. The topological polar surface area (TPSA) is 78.0 Å². The summed E-state index contributed by atoms with van der Waals surface area (Å²) in [4.78, 5) is 0. The van der Waals surface area contributed by atoms with E-state index in [1.165, 1.54) is 0 Å². The fourth-order valence-electron chi connectivity index (χ4n) is 2.13. The summed E-state index contributed by atoms with van der Waals surface area (Å²) in [5.74, 6) is 0.227. The summed E-state index contributed by atoms with van der Waals surface area (Å²) in [7, 11) is -3.00. The molecular formula is C15H21N3O2S. The van der Waals surface area contributed by atoms with E-state index < -0.39 is 9.84 Å². The lowest BCUT2D eigenvalue weighted by molar-refractivity contribution is 0.582. The Labute approximate surface area is 125 Å². The first-order valence-electron chi connectivity index (χ1n) is 6.93. The molecule has 1 heterocycles. The molecule has 0 fully saturated rings. The normalized spacial score (nSPS) is 11.8. The number of hydrogen-bond acceptors (Lipinski definition) is 4. The molecule has 0 radical (unpaired) electrons. The number of nitrogen functional groups attached to an aromatic ring is 1. The first kappa shape index (κ1) is 15.6. The number of benzene rings is 1. The molecule has 1 aromatic carbocycles. The largest absolute Gasteiger partial charge is 0.396 e. The van der Waals surface area contributed by atoms with Gasteiger partial charge in [-0.15, -0.1) is 0 Å². The van der Waals surface area contributed by atoms with Gasteiger partial charge in [-0.05, 0) is 25.5 Å². The minimum Gasteiger partial charge on any atom is -0.396 e. The second-order valence-electron chi connectivity index (χ2n) is 5.25. The Kier molecular flexibility index (Phi) is 4.37. The molecule has 0 saturated heterocycles.